The summed E-state index contributed by atoms with van der Waals surface area (Å²) in [5.41, 5.74) is 0. The first-order chi connectivity index (χ1) is 3.45. The van der Waals surface area contributed by atoms with E-state index in [4.69, 9.17) is 0 Å². The lowest BCUT2D eigenvalue weighted by molar-refractivity contribution is 0.300. The van der Waals surface area contributed by atoms with Crippen molar-refractivity contribution >= 4 is 11.8 Å². The fourth-order valence-corrected chi connectivity index (χ4v) is 2.41. The molecule has 0 aromatic carbocycles. The molecule has 0 saturated carbocycles. The molecule has 2 heteroatoms. The van der Waals surface area contributed by atoms with Crippen molar-refractivity contribution in [3.05, 3.63) is 0 Å². The Morgan fingerprint density at radius 2 is 1.86 bits per heavy atom. The molecule has 3 rings (SSSR count). The highest BCUT2D eigenvalue weighted by atomic mass is 32.2. The van der Waals surface area contributed by atoms with Crippen molar-refractivity contribution < 1.29 is 0 Å². The van der Waals surface area contributed by atoms with E-state index in [2.05, 4.69) is 17.1 Å². The molecule has 3 aliphatic rings. The van der Waals surface area contributed by atoms with E-state index >= 15 is 0 Å². The van der Waals surface area contributed by atoms with Crippen LogP contribution in [0.25, 0.3) is 0 Å². The van der Waals surface area contributed by atoms with Gasteiger partial charge in [0.25, 0.3) is 0 Å². The Morgan fingerprint density at radius 1 is 1.29 bits per heavy atom. The van der Waals surface area contributed by atoms with Gasteiger partial charge in [-0.1, -0.05) is 0 Å². The average Bonchev–Trinajstić information content (AvgIpc) is 1.67. The molecule has 3 aliphatic heterocycles. The predicted octanol–water partition coefficient (Wildman–Crippen LogP) is 0.464. The van der Waals surface area contributed by atoms with E-state index in [1.54, 1.807) is 0 Å². The first-order valence-electron chi connectivity index (χ1n) is 2.79. The van der Waals surface area contributed by atoms with Crippen LogP contribution in [0.15, 0.2) is 0 Å². The smallest absolute Gasteiger partial charge is 0.0176 e. The van der Waals surface area contributed by atoms with Gasteiger partial charge in [0.05, 0.1) is 0 Å². The van der Waals surface area contributed by atoms with E-state index in [1.807, 2.05) is 0 Å². The van der Waals surface area contributed by atoms with Crippen LogP contribution in [-0.2, 0) is 0 Å². The summed E-state index contributed by atoms with van der Waals surface area (Å²) in [7, 11) is 0. The van der Waals surface area contributed by atoms with Crippen LogP contribution < -0.4 is 5.32 Å². The van der Waals surface area contributed by atoms with Gasteiger partial charge < -0.3 is 5.32 Å². The normalized spacial score (nSPS) is 48.0. The van der Waals surface area contributed by atoms with Gasteiger partial charge in [-0.2, -0.15) is 11.8 Å². The third kappa shape index (κ3) is 0.572. The molecule has 0 aliphatic carbocycles. The maximum absolute atomic E-state index is 3.46. The molecule has 0 amide bonds. The minimum absolute atomic E-state index is 0.892. The van der Waals surface area contributed by atoms with Gasteiger partial charge in [-0.05, 0) is 6.42 Å². The molecule has 0 aromatic heterocycles. The Kier molecular flexibility index (Phi) is 0.837. The van der Waals surface area contributed by atoms with Crippen LogP contribution in [0.3, 0.4) is 0 Å². The molecule has 3 fully saturated rings. The maximum Gasteiger partial charge on any atom is 0.0176 e. The summed E-state index contributed by atoms with van der Waals surface area (Å²) in [6.07, 6.45) is 1.45. The maximum atomic E-state index is 3.46. The van der Waals surface area contributed by atoms with E-state index in [0.29, 0.717) is 0 Å². The highest BCUT2D eigenvalue weighted by Crippen LogP contribution is 2.25. The first kappa shape index (κ1) is 4.21. The van der Waals surface area contributed by atoms with Gasteiger partial charge in [0.15, 0.2) is 0 Å². The third-order valence-corrected chi connectivity index (χ3v) is 2.95. The molecule has 2 atom stereocenters. The van der Waals surface area contributed by atoms with Crippen molar-refractivity contribution in [2.45, 2.75) is 18.5 Å². The molecule has 3 saturated heterocycles. The fraction of sp³-hybridized carbons (Fsp3) is 1.00. The van der Waals surface area contributed by atoms with Crippen LogP contribution in [0.4, 0.5) is 0 Å². The number of fused-ring (bicyclic) bond motifs is 2. The van der Waals surface area contributed by atoms with Gasteiger partial charge in [-0.3, -0.25) is 0 Å². The van der Waals surface area contributed by atoms with E-state index in [9.17, 15) is 0 Å². The molecule has 2 bridgehead atoms. The molecule has 0 radical (unpaired) electrons. The topological polar surface area (TPSA) is 12.0 Å². The quantitative estimate of drug-likeness (QED) is 0.492. The Hall–Kier alpha value is 0.310. The second kappa shape index (κ2) is 1.39. The Morgan fingerprint density at radius 3 is 2.00 bits per heavy atom. The fourth-order valence-electron chi connectivity index (χ4n) is 1.24. The van der Waals surface area contributed by atoms with Crippen LogP contribution in [0.5, 0.6) is 0 Å². The zero-order valence-electron chi connectivity index (χ0n) is 4.18. The second-order valence-electron chi connectivity index (χ2n) is 2.33. The molecule has 1 nitrogen and oxygen atoms in total. The standard InChI is InChI=1S/C5H9NS/c1-4-2-7-3-5(1)6-4/h4-6H,1-3H2. The van der Waals surface area contributed by atoms with Gasteiger partial charge in [0.2, 0.25) is 0 Å². The van der Waals surface area contributed by atoms with Gasteiger partial charge in [0.1, 0.15) is 0 Å². The van der Waals surface area contributed by atoms with Crippen molar-refractivity contribution in [3.63, 3.8) is 0 Å². The number of rotatable bonds is 0. The van der Waals surface area contributed by atoms with Crippen LogP contribution in [0.2, 0.25) is 0 Å². The predicted molar refractivity (Wildman–Crippen MR) is 32.7 cm³/mol. The molecule has 0 spiro atoms. The zero-order valence-corrected chi connectivity index (χ0v) is 5.00. The number of hydrogen-bond acceptors (Lipinski definition) is 2. The molecule has 3 heterocycles. The van der Waals surface area contributed by atoms with Crippen molar-refractivity contribution in [2.24, 2.45) is 0 Å². The summed E-state index contributed by atoms with van der Waals surface area (Å²) in [4.78, 5) is 0. The summed E-state index contributed by atoms with van der Waals surface area (Å²) in [5.74, 6) is 2.72. The minimum atomic E-state index is 0.892. The van der Waals surface area contributed by atoms with Crippen LogP contribution in [-0.4, -0.2) is 23.6 Å². The number of nitrogens with one attached hydrogen (secondary N) is 1. The Balaban J connectivity index is 1.99. The Bertz CT molecular complexity index is 64.6. The highest BCUT2D eigenvalue weighted by Gasteiger charge is 2.31. The number of thioether (sulfide) groups is 1. The molecular formula is C5H9NS. The van der Waals surface area contributed by atoms with Gasteiger partial charge in [-0.15, -0.1) is 0 Å². The average molecular weight is 115 g/mol. The third-order valence-electron chi connectivity index (χ3n) is 1.68. The summed E-state index contributed by atoms with van der Waals surface area (Å²) in [5, 5.41) is 3.46. The van der Waals surface area contributed by atoms with Crippen molar-refractivity contribution in [1.29, 1.82) is 0 Å². The summed E-state index contributed by atoms with van der Waals surface area (Å²) in [6.45, 7) is 0. The molecule has 7 heavy (non-hydrogen) atoms. The minimum Gasteiger partial charge on any atom is -0.309 e. The molecule has 1 N–H and O–H groups in total. The summed E-state index contributed by atoms with van der Waals surface area (Å²) >= 11 is 2.09. The van der Waals surface area contributed by atoms with Crippen LogP contribution in [0.1, 0.15) is 6.42 Å². The van der Waals surface area contributed by atoms with Gasteiger partial charge in [-0.25, -0.2) is 0 Å². The molecule has 0 aromatic rings. The molecular weight excluding hydrogens is 106 g/mol. The lowest BCUT2D eigenvalue weighted by atomic mass is 10.00. The highest BCUT2D eigenvalue weighted by molar-refractivity contribution is 7.99. The molecule has 2 unspecified atom stereocenters. The SMILES string of the molecule is C1SCC2CC1N2. The molecule has 40 valence electrons. The monoisotopic (exact) mass is 115 g/mol. The van der Waals surface area contributed by atoms with Crippen LogP contribution in [0, 0.1) is 0 Å². The summed E-state index contributed by atoms with van der Waals surface area (Å²) in [6, 6.07) is 1.78. The van der Waals surface area contributed by atoms with Gasteiger partial charge in [0, 0.05) is 23.6 Å². The van der Waals surface area contributed by atoms with E-state index in [1.165, 1.54) is 17.9 Å². The lowest BCUT2D eigenvalue weighted by Gasteiger charge is -2.41. The van der Waals surface area contributed by atoms with Crippen molar-refractivity contribution in [1.82, 2.24) is 5.32 Å². The van der Waals surface area contributed by atoms with Crippen molar-refractivity contribution in [3.8, 4) is 0 Å². The Labute approximate surface area is 47.9 Å². The summed E-state index contributed by atoms with van der Waals surface area (Å²) < 4.78 is 0. The van der Waals surface area contributed by atoms with Crippen LogP contribution >= 0.6 is 11.8 Å². The van der Waals surface area contributed by atoms with E-state index < -0.39 is 0 Å². The van der Waals surface area contributed by atoms with E-state index in [0.717, 1.165) is 12.1 Å². The zero-order chi connectivity index (χ0) is 4.69. The first-order valence-corrected chi connectivity index (χ1v) is 3.94. The van der Waals surface area contributed by atoms with Crippen molar-refractivity contribution in [2.75, 3.05) is 11.5 Å². The second-order valence-corrected chi connectivity index (χ2v) is 3.41. The van der Waals surface area contributed by atoms with E-state index in [-0.39, 0.29) is 0 Å². The largest absolute Gasteiger partial charge is 0.309 e. The number of hydrogen-bond donors (Lipinski definition) is 1. The van der Waals surface area contributed by atoms with Gasteiger partial charge >= 0.3 is 0 Å². The lowest BCUT2D eigenvalue weighted by Crippen LogP contribution is -2.58.